The van der Waals surface area contributed by atoms with Crippen molar-refractivity contribution >= 4 is 21.2 Å². The highest BCUT2D eigenvalue weighted by atomic mass is 32.2. The van der Waals surface area contributed by atoms with E-state index in [-0.39, 0.29) is 11.5 Å². The van der Waals surface area contributed by atoms with Crippen molar-refractivity contribution in [3.8, 4) is 0 Å². The van der Waals surface area contributed by atoms with Gasteiger partial charge in [-0.1, -0.05) is 5.21 Å². The minimum absolute atomic E-state index is 0.0887. The first-order valence-corrected chi connectivity index (χ1v) is 9.33. The van der Waals surface area contributed by atoms with Crippen LogP contribution in [0.15, 0.2) is 11.6 Å². The molecule has 0 aliphatic carbocycles. The average Bonchev–Trinajstić information content (AvgIpc) is 3.04. The summed E-state index contributed by atoms with van der Waals surface area (Å²) in [5.74, 6) is -0.208. The number of hydrogen-bond donors (Lipinski definition) is 0. The van der Waals surface area contributed by atoms with E-state index in [0.717, 1.165) is 5.01 Å². The van der Waals surface area contributed by atoms with Crippen molar-refractivity contribution in [3.63, 3.8) is 0 Å². The zero-order chi connectivity index (χ0) is 15.3. The molecule has 2 rings (SSSR count). The smallest absolute Gasteiger partial charge is 0.161 e. The Morgan fingerprint density at radius 2 is 2.05 bits per heavy atom. The SMILES string of the molecule is CCOCc1nc(CS(=O)(=O)Cc2cn(CC)nn2)cs1. The summed E-state index contributed by atoms with van der Waals surface area (Å²) >= 11 is 1.41. The summed E-state index contributed by atoms with van der Waals surface area (Å²) in [6.45, 7) is 5.52. The van der Waals surface area contributed by atoms with Crippen molar-refractivity contribution in [1.82, 2.24) is 20.0 Å². The van der Waals surface area contributed by atoms with E-state index in [2.05, 4.69) is 15.3 Å². The Labute approximate surface area is 127 Å². The van der Waals surface area contributed by atoms with E-state index >= 15 is 0 Å². The van der Waals surface area contributed by atoms with Crippen LogP contribution in [0.1, 0.15) is 30.2 Å². The van der Waals surface area contributed by atoms with E-state index in [1.54, 1.807) is 16.3 Å². The Kier molecular flexibility index (Phi) is 5.43. The van der Waals surface area contributed by atoms with Crippen LogP contribution in [0.2, 0.25) is 0 Å². The standard InChI is InChI=1S/C12H18N4O3S2/c1-3-16-5-10(14-15-16)8-21(17,18)9-11-7-20-12(13-11)6-19-4-2/h5,7H,3-4,6,8-9H2,1-2H3. The Hall–Kier alpha value is -1.32. The van der Waals surface area contributed by atoms with Crippen LogP contribution in [0, 0.1) is 0 Å². The van der Waals surface area contributed by atoms with Crippen LogP contribution in [-0.4, -0.2) is 35.0 Å². The van der Waals surface area contributed by atoms with Crippen molar-refractivity contribution in [1.29, 1.82) is 0 Å². The fraction of sp³-hybridized carbons (Fsp3) is 0.583. The third kappa shape index (κ3) is 4.87. The van der Waals surface area contributed by atoms with Crippen LogP contribution in [0.25, 0.3) is 0 Å². The lowest BCUT2D eigenvalue weighted by atomic mass is 10.5. The minimum atomic E-state index is -3.30. The van der Waals surface area contributed by atoms with Crippen molar-refractivity contribution in [2.24, 2.45) is 0 Å². The van der Waals surface area contributed by atoms with E-state index in [1.807, 2.05) is 13.8 Å². The van der Waals surface area contributed by atoms with E-state index in [4.69, 9.17) is 4.74 Å². The maximum absolute atomic E-state index is 12.1. The Morgan fingerprint density at radius 3 is 2.71 bits per heavy atom. The summed E-state index contributed by atoms with van der Waals surface area (Å²) in [6, 6.07) is 0. The number of hydrogen-bond acceptors (Lipinski definition) is 7. The zero-order valence-corrected chi connectivity index (χ0v) is 13.7. The molecule has 0 aliphatic heterocycles. The molecule has 2 aromatic rings. The second-order valence-corrected chi connectivity index (χ2v) is 7.47. The molecule has 0 aromatic carbocycles. The number of thiazole rings is 1. The molecule has 0 radical (unpaired) electrons. The molecular weight excluding hydrogens is 312 g/mol. The van der Waals surface area contributed by atoms with Gasteiger partial charge in [0.25, 0.3) is 0 Å². The molecule has 0 bridgehead atoms. The van der Waals surface area contributed by atoms with Gasteiger partial charge in [0.2, 0.25) is 0 Å². The van der Waals surface area contributed by atoms with Crippen molar-refractivity contribution in [2.75, 3.05) is 6.61 Å². The topological polar surface area (TPSA) is 87.0 Å². The van der Waals surface area contributed by atoms with Gasteiger partial charge in [-0.05, 0) is 13.8 Å². The first-order valence-electron chi connectivity index (χ1n) is 6.63. The van der Waals surface area contributed by atoms with Crippen LogP contribution in [0.5, 0.6) is 0 Å². The number of sulfone groups is 1. The fourth-order valence-electron chi connectivity index (χ4n) is 1.73. The van der Waals surface area contributed by atoms with Gasteiger partial charge in [0, 0.05) is 24.7 Å². The molecule has 116 valence electrons. The normalized spacial score (nSPS) is 11.9. The number of aromatic nitrogens is 4. The summed E-state index contributed by atoms with van der Waals surface area (Å²) in [5.41, 5.74) is 1.01. The largest absolute Gasteiger partial charge is 0.375 e. The molecule has 2 heterocycles. The first-order chi connectivity index (χ1) is 10.0. The minimum Gasteiger partial charge on any atom is -0.375 e. The van der Waals surface area contributed by atoms with Gasteiger partial charge >= 0.3 is 0 Å². The molecule has 0 N–H and O–H groups in total. The van der Waals surface area contributed by atoms with Crippen molar-refractivity contribution in [2.45, 2.75) is 38.5 Å². The maximum Gasteiger partial charge on any atom is 0.161 e. The maximum atomic E-state index is 12.1. The van der Waals surface area contributed by atoms with Crippen LogP contribution in [0.3, 0.4) is 0 Å². The van der Waals surface area contributed by atoms with Crippen LogP contribution in [0.4, 0.5) is 0 Å². The summed E-state index contributed by atoms with van der Waals surface area (Å²) in [6.07, 6.45) is 1.65. The molecule has 2 aromatic heterocycles. The molecule has 0 aliphatic rings. The quantitative estimate of drug-likeness (QED) is 0.727. The fourth-order valence-corrected chi connectivity index (χ4v) is 3.85. The lowest BCUT2D eigenvalue weighted by molar-refractivity contribution is 0.134. The van der Waals surface area contributed by atoms with Crippen LogP contribution < -0.4 is 0 Å². The number of nitrogens with zero attached hydrogens (tertiary/aromatic N) is 4. The molecule has 0 spiro atoms. The molecule has 0 fully saturated rings. The second kappa shape index (κ2) is 7.10. The lowest BCUT2D eigenvalue weighted by Gasteiger charge is -1.99. The van der Waals surface area contributed by atoms with Gasteiger partial charge in [0.05, 0.1) is 29.5 Å². The van der Waals surface area contributed by atoms with Gasteiger partial charge in [-0.2, -0.15) is 0 Å². The summed E-state index contributed by atoms with van der Waals surface area (Å²) < 4.78 is 31.1. The highest BCUT2D eigenvalue weighted by molar-refractivity contribution is 7.89. The molecule has 7 nitrogen and oxygen atoms in total. The van der Waals surface area contributed by atoms with Crippen molar-refractivity contribution < 1.29 is 13.2 Å². The zero-order valence-electron chi connectivity index (χ0n) is 12.0. The van der Waals surface area contributed by atoms with E-state index in [9.17, 15) is 8.42 Å². The predicted molar refractivity (Wildman–Crippen MR) is 79.5 cm³/mol. The van der Waals surface area contributed by atoms with Crippen molar-refractivity contribution in [3.05, 3.63) is 28.0 Å². The van der Waals surface area contributed by atoms with Gasteiger partial charge in [0.15, 0.2) is 9.84 Å². The summed E-state index contributed by atoms with van der Waals surface area (Å²) in [4.78, 5) is 4.27. The molecule has 0 unspecified atom stereocenters. The highest BCUT2D eigenvalue weighted by Gasteiger charge is 2.17. The van der Waals surface area contributed by atoms with E-state index in [0.29, 0.717) is 31.1 Å². The van der Waals surface area contributed by atoms with Gasteiger partial charge in [-0.15, -0.1) is 16.4 Å². The van der Waals surface area contributed by atoms with Crippen LogP contribution >= 0.6 is 11.3 Å². The van der Waals surface area contributed by atoms with Gasteiger partial charge in [-0.3, -0.25) is 4.68 Å². The number of aryl methyl sites for hydroxylation is 1. The first kappa shape index (κ1) is 16.1. The Bertz CT molecular complexity index is 678. The molecule has 0 amide bonds. The lowest BCUT2D eigenvalue weighted by Crippen LogP contribution is -2.08. The summed E-state index contributed by atoms with van der Waals surface area (Å²) in [7, 11) is -3.30. The van der Waals surface area contributed by atoms with Gasteiger partial charge < -0.3 is 4.74 Å². The third-order valence-corrected chi connectivity index (χ3v) is 5.02. The average molecular weight is 330 g/mol. The number of rotatable bonds is 8. The van der Waals surface area contributed by atoms with E-state index < -0.39 is 9.84 Å². The van der Waals surface area contributed by atoms with Gasteiger partial charge in [0.1, 0.15) is 5.01 Å². The molecule has 0 saturated heterocycles. The Balaban J connectivity index is 1.98. The second-order valence-electron chi connectivity index (χ2n) is 4.47. The summed E-state index contributed by atoms with van der Waals surface area (Å²) in [5, 5.41) is 10.2. The van der Waals surface area contributed by atoms with Gasteiger partial charge in [-0.25, -0.2) is 13.4 Å². The molecule has 0 saturated carbocycles. The monoisotopic (exact) mass is 330 g/mol. The predicted octanol–water partition coefficient (Wildman–Crippen LogP) is 1.41. The third-order valence-electron chi connectivity index (χ3n) is 2.67. The van der Waals surface area contributed by atoms with Crippen LogP contribution in [-0.2, 0) is 39.2 Å². The number of ether oxygens (including phenoxy) is 1. The molecule has 0 atom stereocenters. The Morgan fingerprint density at radius 1 is 1.29 bits per heavy atom. The van der Waals surface area contributed by atoms with E-state index in [1.165, 1.54) is 11.3 Å². The highest BCUT2D eigenvalue weighted by Crippen LogP contribution is 2.15. The molecule has 21 heavy (non-hydrogen) atoms. The molecular formula is C12H18N4O3S2. The molecule has 9 heteroatoms.